The van der Waals surface area contributed by atoms with E-state index < -0.39 is 0 Å². The number of amides is 2. The zero-order valence-corrected chi connectivity index (χ0v) is 13.0. The predicted molar refractivity (Wildman–Crippen MR) is 80.7 cm³/mol. The molecule has 2 aliphatic heterocycles. The molecule has 0 radical (unpaired) electrons. The molecule has 1 aromatic heterocycles. The predicted octanol–water partition coefficient (Wildman–Crippen LogP) is 1.59. The Morgan fingerprint density at radius 1 is 1.52 bits per heavy atom. The van der Waals surface area contributed by atoms with Gasteiger partial charge in [-0.2, -0.15) is 0 Å². The van der Waals surface area contributed by atoms with Gasteiger partial charge in [-0.25, -0.2) is 4.98 Å². The van der Waals surface area contributed by atoms with E-state index in [1.807, 2.05) is 17.2 Å². The van der Waals surface area contributed by atoms with E-state index in [0.29, 0.717) is 19.6 Å². The number of hydrogen-bond acceptors (Lipinski definition) is 4. The molecule has 1 aromatic rings. The van der Waals surface area contributed by atoms with E-state index in [0.717, 1.165) is 30.1 Å². The number of likely N-dealkylation sites (tertiary alicyclic amines) is 2. The Hall–Kier alpha value is -1.69. The monoisotopic (exact) mass is 305 g/mol. The molecule has 0 aliphatic carbocycles. The standard InChI is InChI=1S/C15H19N3O2S/c1-3-13(19)18-7-5-15(10-18)4-6-17(14(15)20)8-12-9-21-11(2)16-12/h3,9H,1,4-8,10H2,2H3. The van der Waals surface area contributed by atoms with Crippen LogP contribution in [0.3, 0.4) is 0 Å². The van der Waals surface area contributed by atoms with Crippen LogP contribution in [0, 0.1) is 12.3 Å². The fraction of sp³-hybridized carbons (Fsp3) is 0.533. The largest absolute Gasteiger partial charge is 0.338 e. The van der Waals surface area contributed by atoms with Crippen molar-refractivity contribution in [3.63, 3.8) is 0 Å². The maximum absolute atomic E-state index is 12.7. The smallest absolute Gasteiger partial charge is 0.245 e. The van der Waals surface area contributed by atoms with Gasteiger partial charge in [-0.05, 0) is 25.8 Å². The van der Waals surface area contributed by atoms with Crippen LogP contribution in [0.4, 0.5) is 0 Å². The second-order valence-corrected chi connectivity index (χ2v) is 6.89. The third-order valence-corrected chi connectivity index (χ3v) is 5.28. The molecule has 6 heteroatoms. The Morgan fingerprint density at radius 2 is 2.29 bits per heavy atom. The van der Waals surface area contributed by atoms with Crippen molar-refractivity contribution in [1.29, 1.82) is 0 Å². The first kappa shape index (κ1) is 14.3. The molecule has 2 aliphatic rings. The van der Waals surface area contributed by atoms with Crippen molar-refractivity contribution in [1.82, 2.24) is 14.8 Å². The van der Waals surface area contributed by atoms with Gasteiger partial charge in [0.05, 0.1) is 22.7 Å². The number of thiazole rings is 1. The summed E-state index contributed by atoms with van der Waals surface area (Å²) >= 11 is 1.61. The van der Waals surface area contributed by atoms with Crippen molar-refractivity contribution < 1.29 is 9.59 Å². The van der Waals surface area contributed by atoms with Crippen LogP contribution in [0.5, 0.6) is 0 Å². The van der Waals surface area contributed by atoms with Crippen molar-refractivity contribution in [2.75, 3.05) is 19.6 Å². The first-order valence-corrected chi connectivity index (χ1v) is 8.04. The Bertz CT molecular complexity index is 597. The molecule has 21 heavy (non-hydrogen) atoms. The molecule has 0 bridgehead atoms. The number of rotatable bonds is 3. The lowest BCUT2D eigenvalue weighted by atomic mass is 9.85. The van der Waals surface area contributed by atoms with Gasteiger partial charge in [0.25, 0.3) is 0 Å². The number of aromatic nitrogens is 1. The maximum Gasteiger partial charge on any atom is 0.245 e. The maximum atomic E-state index is 12.7. The molecule has 3 heterocycles. The molecule has 1 atom stereocenters. The average molecular weight is 305 g/mol. The average Bonchev–Trinajstić information content (AvgIpc) is 3.16. The lowest BCUT2D eigenvalue weighted by Gasteiger charge is -2.23. The zero-order chi connectivity index (χ0) is 15.0. The van der Waals surface area contributed by atoms with E-state index in [9.17, 15) is 9.59 Å². The van der Waals surface area contributed by atoms with Gasteiger partial charge in [-0.3, -0.25) is 9.59 Å². The number of carbonyl (C=O) groups is 2. The minimum absolute atomic E-state index is 0.0757. The van der Waals surface area contributed by atoms with Crippen molar-refractivity contribution in [2.45, 2.75) is 26.3 Å². The highest BCUT2D eigenvalue weighted by atomic mass is 32.1. The molecule has 0 aromatic carbocycles. The number of hydrogen-bond donors (Lipinski definition) is 0. The van der Waals surface area contributed by atoms with Crippen LogP contribution in [0.1, 0.15) is 23.5 Å². The summed E-state index contributed by atoms with van der Waals surface area (Å²) < 4.78 is 0. The van der Waals surface area contributed by atoms with E-state index in [4.69, 9.17) is 0 Å². The normalized spacial score (nSPS) is 25.1. The van der Waals surface area contributed by atoms with E-state index in [1.165, 1.54) is 6.08 Å². The number of aryl methyl sites for hydroxylation is 1. The molecule has 1 spiro atoms. The zero-order valence-electron chi connectivity index (χ0n) is 12.2. The second-order valence-electron chi connectivity index (χ2n) is 5.83. The molecular weight excluding hydrogens is 286 g/mol. The summed E-state index contributed by atoms with van der Waals surface area (Å²) in [7, 11) is 0. The van der Waals surface area contributed by atoms with Gasteiger partial charge in [0.1, 0.15) is 0 Å². The Balaban J connectivity index is 1.69. The van der Waals surface area contributed by atoms with Crippen LogP contribution in [0.25, 0.3) is 0 Å². The van der Waals surface area contributed by atoms with Gasteiger partial charge >= 0.3 is 0 Å². The van der Waals surface area contributed by atoms with E-state index in [2.05, 4.69) is 11.6 Å². The SMILES string of the molecule is C=CC(=O)N1CCC2(CCN(Cc3csc(C)n3)C2=O)C1. The van der Waals surface area contributed by atoms with Crippen LogP contribution in [0.2, 0.25) is 0 Å². The molecule has 112 valence electrons. The van der Waals surface area contributed by atoms with Crippen LogP contribution in [-0.4, -0.2) is 46.2 Å². The van der Waals surface area contributed by atoms with Gasteiger partial charge in [-0.15, -0.1) is 11.3 Å². The third-order valence-electron chi connectivity index (χ3n) is 4.46. The quantitative estimate of drug-likeness (QED) is 0.797. The van der Waals surface area contributed by atoms with Crippen molar-refractivity contribution in [3.8, 4) is 0 Å². The highest BCUT2D eigenvalue weighted by molar-refractivity contribution is 7.09. The second kappa shape index (κ2) is 5.26. The fourth-order valence-corrected chi connectivity index (χ4v) is 3.89. The van der Waals surface area contributed by atoms with Gasteiger partial charge in [-0.1, -0.05) is 6.58 Å². The molecule has 0 saturated carbocycles. The minimum Gasteiger partial charge on any atom is -0.338 e. The molecule has 2 saturated heterocycles. The molecule has 2 amide bonds. The first-order valence-electron chi connectivity index (χ1n) is 7.16. The van der Waals surface area contributed by atoms with Gasteiger partial charge in [0, 0.05) is 25.0 Å². The summed E-state index contributed by atoms with van der Waals surface area (Å²) in [4.78, 5) is 32.5. The summed E-state index contributed by atoms with van der Waals surface area (Å²) in [6.45, 7) is 8.01. The van der Waals surface area contributed by atoms with E-state index in [-0.39, 0.29) is 17.2 Å². The summed E-state index contributed by atoms with van der Waals surface area (Å²) in [6.07, 6.45) is 2.92. The summed E-state index contributed by atoms with van der Waals surface area (Å²) in [5.41, 5.74) is 0.587. The first-order chi connectivity index (χ1) is 10.0. The lowest BCUT2D eigenvalue weighted by molar-refractivity contribution is -0.136. The third kappa shape index (κ3) is 2.48. The summed E-state index contributed by atoms with van der Waals surface area (Å²) in [5, 5.41) is 3.03. The molecule has 5 nitrogen and oxygen atoms in total. The molecular formula is C15H19N3O2S. The van der Waals surface area contributed by atoms with Gasteiger partial charge < -0.3 is 9.80 Å². The van der Waals surface area contributed by atoms with E-state index in [1.54, 1.807) is 16.2 Å². The van der Waals surface area contributed by atoms with Crippen molar-refractivity contribution in [2.24, 2.45) is 5.41 Å². The Kier molecular flexibility index (Phi) is 3.57. The van der Waals surface area contributed by atoms with Gasteiger partial charge in [0.15, 0.2) is 0 Å². The van der Waals surface area contributed by atoms with Crippen molar-refractivity contribution in [3.05, 3.63) is 28.7 Å². The Labute approximate surface area is 128 Å². The van der Waals surface area contributed by atoms with Gasteiger partial charge in [0.2, 0.25) is 11.8 Å². The lowest BCUT2D eigenvalue weighted by Crippen LogP contribution is -2.37. The molecule has 2 fully saturated rings. The molecule has 3 rings (SSSR count). The molecule has 1 unspecified atom stereocenters. The van der Waals surface area contributed by atoms with E-state index >= 15 is 0 Å². The highest BCUT2D eigenvalue weighted by Crippen LogP contribution is 2.41. The fourth-order valence-electron chi connectivity index (χ4n) is 3.29. The number of nitrogens with zero attached hydrogens (tertiary/aromatic N) is 3. The minimum atomic E-state index is -0.371. The van der Waals surface area contributed by atoms with Crippen LogP contribution in [0.15, 0.2) is 18.0 Å². The highest BCUT2D eigenvalue weighted by Gasteiger charge is 2.51. The number of carbonyl (C=O) groups excluding carboxylic acids is 2. The van der Waals surface area contributed by atoms with Crippen LogP contribution in [-0.2, 0) is 16.1 Å². The van der Waals surface area contributed by atoms with Crippen LogP contribution < -0.4 is 0 Å². The topological polar surface area (TPSA) is 53.5 Å². The summed E-state index contributed by atoms with van der Waals surface area (Å²) in [6, 6.07) is 0. The molecule has 0 N–H and O–H groups in total. The van der Waals surface area contributed by atoms with Crippen LogP contribution >= 0.6 is 11.3 Å². The Morgan fingerprint density at radius 3 is 2.95 bits per heavy atom. The van der Waals surface area contributed by atoms with Crippen molar-refractivity contribution >= 4 is 23.2 Å². The summed E-state index contributed by atoms with van der Waals surface area (Å²) in [5.74, 6) is 0.0979.